The molecule has 4 nitrogen and oxygen atoms in total. The van der Waals surface area contributed by atoms with Crippen molar-refractivity contribution in [2.75, 3.05) is 25.5 Å². The number of carbonyl (C=O) groups is 1. The molecule has 0 aliphatic carbocycles. The second-order valence-corrected chi connectivity index (χ2v) is 5.26. The minimum atomic E-state index is 0.0346. The first kappa shape index (κ1) is 15.5. The zero-order valence-corrected chi connectivity index (χ0v) is 12.4. The summed E-state index contributed by atoms with van der Waals surface area (Å²) in [5, 5.41) is 3.28. The van der Waals surface area contributed by atoms with Crippen molar-refractivity contribution < 1.29 is 4.79 Å². The van der Waals surface area contributed by atoms with E-state index in [4.69, 9.17) is 0 Å². The fourth-order valence-corrected chi connectivity index (χ4v) is 1.74. The highest BCUT2D eigenvalue weighted by Crippen LogP contribution is 2.16. The average molecular weight is 263 g/mol. The molecule has 1 aromatic heterocycles. The molecule has 1 N–H and O–H groups in total. The van der Waals surface area contributed by atoms with E-state index < -0.39 is 0 Å². The molecule has 0 unspecified atom stereocenters. The molecule has 1 heterocycles. The van der Waals surface area contributed by atoms with E-state index in [0.29, 0.717) is 11.5 Å². The van der Waals surface area contributed by atoms with Gasteiger partial charge in [0.1, 0.15) is 0 Å². The summed E-state index contributed by atoms with van der Waals surface area (Å²) in [6.07, 6.45) is 5.40. The van der Waals surface area contributed by atoms with Crippen LogP contribution in [0.4, 0.5) is 5.69 Å². The van der Waals surface area contributed by atoms with E-state index in [9.17, 15) is 4.79 Å². The minimum absolute atomic E-state index is 0.0346. The predicted molar refractivity (Wildman–Crippen MR) is 79.4 cm³/mol. The molecule has 1 rings (SSSR count). The van der Waals surface area contributed by atoms with Crippen LogP contribution in [0.2, 0.25) is 0 Å². The van der Waals surface area contributed by atoms with E-state index >= 15 is 0 Å². The molecule has 1 amide bonds. The third-order valence-electron chi connectivity index (χ3n) is 3.01. The standard InChI is InChI=1S/C15H25N3O/c1-5-8-17-14-6-9-16-11-13(14)15(19)18(4)10-7-12(2)3/h6,9,11-12H,5,7-8,10H2,1-4H3,(H,16,17). The molecule has 19 heavy (non-hydrogen) atoms. The number of amides is 1. The summed E-state index contributed by atoms with van der Waals surface area (Å²) in [6.45, 7) is 8.07. The second kappa shape index (κ2) is 7.77. The van der Waals surface area contributed by atoms with E-state index in [-0.39, 0.29) is 5.91 Å². The van der Waals surface area contributed by atoms with Gasteiger partial charge in [-0.25, -0.2) is 0 Å². The Labute approximate surface area is 116 Å². The molecule has 0 aliphatic rings. The highest BCUT2D eigenvalue weighted by molar-refractivity contribution is 5.99. The summed E-state index contributed by atoms with van der Waals surface area (Å²) >= 11 is 0. The Morgan fingerprint density at radius 2 is 2.21 bits per heavy atom. The van der Waals surface area contributed by atoms with Gasteiger partial charge in [0.2, 0.25) is 0 Å². The Kier molecular flexibility index (Phi) is 6.33. The van der Waals surface area contributed by atoms with Crippen molar-refractivity contribution in [2.45, 2.75) is 33.6 Å². The van der Waals surface area contributed by atoms with Gasteiger partial charge >= 0.3 is 0 Å². The lowest BCUT2D eigenvalue weighted by Crippen LogP contribution is -2.29. The minimum Gasteiger partial charge on any atom is -0.384 e. The number of pyridine rings is 1. The number of hydrogen-bond acceptors (Lipinski definition) is 3. The maximum absolute atomic E-state index is 12.4. The molecule has 0 aromatic carbocycles. The van der Waals surface area contributed by atoms with Gasteiger partial charge in [-0.3, -0.25) is 9.78 Å². The number of rotatable bonds is 7. The first-order valence-corrected chi connectivity index (χ1v) is 6.99. The maximum Gasteiger partial charge on any atom is 0.257 e. The highest BCUT2D eigenvalue weighted by atomic mass is 16.2. The van der Waals surface area contributed by atoms with E-state index in [1.54, 1.807) is 17.3 Å². The Hall–Kier alpha value is -1.58. The van der Waals surface area contributed by atoms with Crippen LogP contribution in [0.5, 0.6) is 0 Å². The monoisotopic (exact) mass is 263 g/mol. The third-order valence-corrected chi connectivity index (χ3v) is 3.01. The summed E-state index contributed by atoms with van der Waals surface area (Å²) in [6, 6.07) is 1.86. The lowest BCUT2D eigenvalue weighted by molar-refractivity contribution is 0.0789. The van der Waals surface area contributed by atoms with Gasteiger partial charge in [0, 0.05) is 32.5 Å². The molecule has 0 saturated heterocycles. The van der Waals surface area contributed by atoms with Crippen LogP contribution >= 0.6 is 0 Å². The number of aromatic nitrogens is 1. The quantitative estimate of drug-likeness (QED) is 0.822. The molecule has 0 saturated carbocycles. The smallest absolute Gasteiger partial charge is 0.257 e. The molecule has 106 valence electrons. The van der Waals surface area contributed by atoms with Gasteiger partial charge in [0.15, 0.2) is 0 Å². The molecule has 0 spiro atoms. The summed E-state index contributed by atoms with van der Waals surface area (Å²) in [5.41, 5.74) is 1.53. The Balaban J connectivity index is 2.74. The van der Waals surface area contributed by atoms with Crippen LogP contribution in [-0.4, -0.2) is 35.9 Å². The summed E-state index contributed by atoms with van der Waals surface area (Å²) in [5.74, 6) is 0.634. The molecule has 0 fully saturated rings. The van der Waals surface area contributed by atoms with Crippen LogP contribution in [0.15, 0.2) is 18.5 Å². The van der Waals surface area contributed by atoms with Crippen molar-refractivity contribution in [3.63, 3.8) is 0 Å². The van der Waals surface area contributed by atoms with Crippen LogP contribution in [-0.2, 0) is 0 Å². The van der Waals surface area contributed by atoms with Gasteiger partial charge in [-0.2, -0.15) is 0 Å². The van der Waals surface area contributed by atoms with Crippen molar-refractivity contribution in [3.05, 3.63) is 24.0 Å². The number of nitrogens with one attached hydrogen (secondary N) is 1. The van der Waals surface area contributed by atoms with E-state index in [2.05, 4.69) is 31.1 Å². The molecular formula is C15H25N3O. The molecule has 1 aromatic rings. The number of nitrogens with zero attached hydrogens (tertiary/aromatic N) is 2. The fourth-order valence-electron chi connectivity index (χ4n) is 1.74. The molecule has 0 bridgehead atoms. The second-order valence-electron chi connectivity index (χ2n) is 5.26. The summed E-state index contributed by atoms with van der Waals surface area (Å²) in [4.78, 5) is 18.2. The normalized spacial score (nSPS) is 10.6. The molecular weight excluding hydrogens is 238 g/mol. The first-order valence-electron chi connectivity index (χ1n) is 6.99. The number of carbonyl (C=O) groups excluding carboxylic acids is 1. The summed E-state index contributed by atoms with van der Waals surface area (Å²) in [7, 11) is 1.85. The predicted octanol–water partition coefficient (Wildman–Crippen LogP) is 3.02. The Bertz CT molecular complexity index is 404. The van der Waals surface area contributed by atoms with Gasteiger partial charge in [0.25, 0.3) is 5.91 Å². The fraction of sp³-hybridized carbons (Fsp3) is 0.600. The Morgan fingerprint density at radius 1 is 1.47 bits per heavy atom. The molecule has 0 radical (unpaired) electrons. The van der Waals surface area contributed by atoms with E-state index in [1.807, 2.05) is 13.1 Å². The van der Waals surface area contributed by atoms with E-state index in [0.717, 1.165) is 31.6 Å². The topological polar surface area (TPSA) is 45.2 Å². The van der Waals surface area contributed by atoms with Crippen molar-refractivity contribution in [3.8, 4) is 0 Å². The van der Waals surface area contributed by atoms with Crippen molar-refractivity contribution in [1.29, 1.82) is 0 Å². The van der Waals surface area contributed by atoms with Crippen LogP contribution in [0, 0.1) is 5.92 Å². The zero-order chi connectivity index (χ0) is 14.3. The first-order chi connectivity index (χ1) is 9.06. The largest absolute Gasteiger partial charge is 0.384 e. The van der Waals surface area contributed by atoms with Gasteiger partial charge < -0.3 is 10.2 Å². The van der Waals surface area contributed by atoms with Gasteiger partial charge in [0.05, 0.1) is 11.3 Å². The van der Waals surface area contributed by atoms with Crippen molar-refractivity contribution in [2.24, 2.45) is 5.92 Å². The number of hydrogen-bond donors (Lipinski definition) is 1. The van der Waals surface area contributed by atoms with Gasteiger partial charge in [-0.1, -0.05) is 20.8 Å². The van der Waals surface area contributed by atoms with Crippen LogP contribution in [0.25, 0.3) is 0 Å². The van der Waals surface area contributed by atoms with Crippen LogP contribution < -0.4 is 5.32 Å². The number of anilines is 1. The molecule has 0 atom stereocenters. The van der Waals surface area contributed by atoms with Crippen molar-refractivity contribution >= 4 is 11.6 Å². The SMILES string of the molecule is CCCNc1ccncc1C(=O)N(C)CCC(C)C. The molecule has 4 heteroatoms. The van der Waals surface area contributed by atoms with Crippen molar-refractivity contribution in [1.82, 2.24) is 9.88 Å². The highest BCUT2D eigenvalue weighted by Gasteiger charge is 2.15. The third kappa shape index (κ3) is 4.89. The van der Waals surface area contributed by atoms with Crippen LogP contribution in [0.1, 0.15) is 44.0 Å². The lowest BCUT2D eigenvalue weighted by Gasteiger charge is -2.20. The summed E-state index contributed by atoms with van der Waals surface area (Å²) < 4.78 is 0. The van der Waals surface area contributed by atoms with Crippen LogP contribution in [0.3, 0.4) is 0 Å². The van der Waals surface area contributed by atoms with Gasteiger partial charge in [-0.15, -0.1) is 0 Å². The molecule has 0 aliphatic heterocycles. The van der Waals surface area contributed by atoms with Gasteiger partial charge in [-0.05, 0) is 24.8 Å². The zero-order valence-electron chi connectivity index (χ0n) is 12.4. The van der Waals surface area contributed by atoms with E-state index in [1.165, 1.54) is 0 Å². The Morgan fingerprint density at radius 3 is 2.84 bits per heavy atom. The lowest BCUT2D eigenvalue weighted by atomic mass is 10.1. The average Bonchev–Trinajstić information content (AvgIpc) is 2.42. The maximum atomic E-state index is 12.4.